The molecular formula is C28H24N4O3. The van der Waals surface area contributed by atoms with Gasteiger partial charge < -0.3 is 9.47 Å². The zero-order chi connectivity index (χ0) is 23.4. The summed E-state index contributed by atoms with van der Waals surface area (Å²) in [6.07, 6.45) is 8.14. The van der Waals surface area contributed by atoms with Gasteiger partial charge in [0.15, 0.2) is 5.65 Å². The second-order valence-electron chi connectivity index (χ2n) is 9.34. The van der Waals surface area contributed by atoms with Gasteiger partial charge in [-0.25, -0.2) is 14.3 Å². The maximum atomic E-state index is 13.4. The summed E-state index contributed by atoms with van der Waals surface area (Å²) in [4.78, 5) is 19.7. The molecule has 4 heterocycles. The molecule has 0 N–H and O–H groups in total. The summed E-state index contributed by atoms with van der Waals surface area (Å²) < 4.78 is 13.6. The number of fused-ring (bicyclic) bond motifs is 6. The molecule has 0 radical (unpaired) electrons. The lowest BCUT2D eigenvalue weighted by Gasteiger charge is -2.43. The van der Waals surface area contributed by atoms with Crippen LogP contribution in [0.25, 0.3) is 22.3 Å². The van der Waals surface area contributed by atoms with E-state index < -0.39 is 0 Å². The largest absolute Gasteiger partial charge is 0.448 e. The average molecular weight is 465 g/mol. The Morgan fingerprint density at radius 1 is 1.03 bits per heavy atom. The maximum absolute atomic E-state index is 13.4. The molecule has 3 aliphatic rings. The first-order valence-corrected chi connectivity index (χ1v) is 12.0. The first-order chi connectivity index (χ1) is 17.3. The molecule has 7 rings (SSSR count). The molecule has 2 bridgehead atoms. The van der Waals surface area contributed by atoms with Gasteiger partial charge in [0.2, 0.25) is 0 Å². The van der Waals surface area contributed by atoms with E-state index in [0.29, 0.717) is 26.2 Å². The molecule has 1 saturated heterocycles. The van der Waals surface area contributed by atoms with Crippen LogP contribution in [0, 0.1) is 0 Å². The van der Waals surface area contributed by atoms with Crippen molar-refractivity contribution >= 4 is 17.3 Å². The Hall–Kier alpha value is -3.97. The van der Waals surface area contributed by atoms with E-state index in [1.54, 1.807) is 10.7 Å². The molecule has 2 unspecified atom stereocenters. The van der Waals surface area contributed by atoms with Crippen LogP contribution in [0.5, 0.6) is 0 Å². The van der Waals surface area contributed by atoms with Crippen molar-refractivity contribution in [1.82, 2.24) is 19.5 Å². The van der Waals surface area contributed by atoms with Gasteiger partial charge in [0, 0.05) is 29.9 Å². The quantitative estimate of drug-likeness (QED) is 0.446. The van der Waals surface area contributed by atoms with Gasteiger partial charge >= 0.3 is 6.09 Å². The van der Waals surface area contributed by atoms with E-state index in [2.05, 4.69) is 52.6 Å². The lowest BCUT2D eigenvalue weighted by Crippen LogP contribution is -2.56. The Morgan fingerprint density at radius 2 is 1.80 bits per heavy atom. The third kappa shape index (κ3) is 3.34. The monoisotopic (exact) mass is 464 g/mol. The fourth-order valence-electron chi connectivity index (χ4n) is 5.74. The summed E-state index contributed by atoms with van der Waals surface area (Å²) in [6.45, 7) is 1.28. The van der Waals surface area contributed by atoms with Crippen LogP contribution in [0.1, 0.15) is 29.0 Å². The van der Waals surface area contributed by atoms with E-state index in [4.69, 9.17) is 9.47 Å². The van der Waals surface area contributed by atoms with Crippen molar-refractivity contribution in [3.63, 3.8) is 0 Å². The van der Waals surface area contributed by atoms with Crippen LogP contribution >= 0.6 is 0 Å². The van der Waals surface area contributed by atoms with Crippen LogP contribution in [0.15, 0.2) is 79.3 Å². The van der Waals surface area contributed by atoms with Gasteiger partial charge in [-0.3, -0.25) is 4.90 Å². The van der Waals surface area contributed by atoms with Gasteiger partial charge in [0.25, 0.3) is 0 Å². The highest BCUT2D eigenvalue weighted by molar-refractivity contribution is 5.79. The molecule has 4 aromatic rings. The number of ether oxygens (including phenoxy) is 2. The van der Waals surface area contributed by atoms with Crippen LogP contribution in [-0.2, 0) is 9.47 Å². The van der Waals surface area contributed by atoms with Crippen LogP contribution < -0.4 is 0 Å². The zero-order valence-corrected chi connectivity index (χ0v) is 19.1. The number of carbonyl (C=O) groups excluding carboxylic acids is 1. The summed E-state index contributed by atoms with van der Waals surface area (Å²) >= 11 is 0. The molecule has 2 aliphatic heterocycles. The number of morpholine rings is 1. The normalized spacial score (nSPS) is 20.9. The lowest BCUT2D eigenvalue weighted by molar-refractivity contribution is -0.0331. The molecule has 35 heavy (non-hydrogen) atoms. The number of rotatable bonds is 3. The number of amides is 1. The van der Waals surface area contributed by atoms with E-state index in [1.165, 1.54) is 22.3 Å². The smallest absolute Gasteiger partial charge is 0.410 e. The first-order valence-electron chi connectivity index (χ1n) is 12.0. The molecular weight excluding hydrogens is 440 g/mol. The molecule has 1 amide bonds. The zero-order valence-electron chi connectivity index (χ0n) is 19.1. The van der Waals surface area contributed by atoms with Crippen LogP contribution in [-0.4, -0.2) is 57.5 Å². The number of aromatic nitrogens is 3. The second-order valence-corrected chi connectivity index (χ2v) is 9.34. The summed E-state index contributed by atoms with van der Waals surface area (Å²) in [5.41, 5.74) is 7.88. The van der Waals surface area contributed by atoms with Crippen molar-refractivity contribution in [2.24, 2.45) is 0 Å². The summed E-state index contributed by atoms with van der Waals surface area (Å²) in [6, 6.07) is 18.4. The third-order valence-corrected chi connectivity index (χ3v) is 7.36. The fraction of sp³-hybridized carbons (Fsp3) is 0.250. The molecule has 174 valence electrons. The highest BCUT2D eigenvalue weighted by Gasteiger charge is 2.40. The molecule has 7 heteroatoms. The summed E-state index contributed by atoms with van der Waals surface area (Å²) in [7, 11) is 0. The third-order valence-electron chi connectivity index (χ3n) is 7.36. The topological polar surface area (TPSA) is 69.0 Å². The first kappa shape index (κ1) is 20.4. The van der Waals surface area contributed by atoms with Gasteiger partial charge in [-0.1, -0.05) is 54.6 Å². The van der Waals surface area contributed by atoms with Crippen LogP contribution in [0.4, 0.5) is 4.79 Å². The van der Waals surface area contributed by atoms with E-state index >= 15 is 0 Å². The highest BCUT2D eigenvalue weighted by atomic mass is 16.6. The van der Waals surface area contributed by atoms with Gasteiger partial charge in [0.05, 0.1) is 31.5 Å². The second kappa shape index (κ2) is 8.06. The van der Waals surface area contributed by atoms with Crippen molar-refractivity contribution in [2.75, 3.05) is 19.8 Å². The fourth-order valence-corrected chi connectivity index (χ4v) is 5.74. The van der Waals surface area contributed by atoms with E-state index in [0.717, 1.165) is 16.8 Å². The Labute approximate surface area is 202 Å². The number of carbonyl (C=O) groups is 1. The SMILES string of the molecule is O=C(OCC1c2ccccc2-c2ccccc21)N1C2C=C(c3cnc4ccnn4c3)CC1COC2. The van der Waals surface area contributed by atoms with E-state index in [-0.39, 0.29) is 24.1 Å². The minimum atomic E-state index is -0.277. The number of nitrogens with zero attached hydrogens (tertiary/aromatic N) is 4. The highest BCUT2D eigenvalue weighted by Crippen LogP contribution is 2.44. The van der Waals surface area contributed by atoms with Gasteiger partial charge in [-0.2, -0.15) is 5.10 Å². The molecule has 0 spiro atoms. The number of benzene rings is 2. The van der Waals surface area contributed by atoms with Crippen molar-refractivity contribution in [1.29, 1.82) is 0 Å². The molecule has 1 aliphatic carbocycles. The lowest BCUT2D eigenvalue weighted by atomic mass is 9.91. The van der Waals surface area contributed by atoms with Crippen molar-refractivity contribution in [2.45, 2.75) is 24.4 Å². The number of hydrogen-bond donors (Lipinski definition) is 0. The average Bonchev–Trinajstić information content (AvgIpc) is 3.48. The van der Waals surface area contributed by atoms with Crippen molar-refractivity contribution in [3.05, 3.63) is 96.0 Å². The molecule has 7 nitrogen and oxygen atoms in total. The van der Waals surface area contributed by atoms with Crippen molar-refractivity contribution in [3.8, 4) is 11.1 Å². The predicted octanol–water partition coefficient (Wildman–Crippen LogP) is 4.53. The molecule has 2 atom stereocenters. The Kier molecular flexibility index (Phi) is 4.70. The van der Waals surface area contributed by atoms with Gasteiger partial charge in [-0.05, 0) is 34.2 Å². The molecule has 0 saturated carbocycles. The van der Waals surface area contributed by atoms with E-state index in [1.807, 2.05) is 35.5 Å². The van der Waals surface area contributed by atoms with Crippen LogP contribution in [0.3, 0.4) is 0 Å². The van der Waals surface area contributed by atoms with Gasteiger partial charge in [-0.15, -0.1) is 0 Å². The minimum absolute atomic E-state index is 0.0465. The van der Waals surface area contributed by atoms with Gasteiger partial charge in [0.1, 0.15) is 6.61 Å². The molecule has 1 fully saturated rings. The van der Waals surface area contributed by atoms with Crippen LogP contribution in [0.2, 0.25) is 0 Å². The van der Waals surface area contributed by atoms with Crippen molar-refractivity contribution < 1.29 is 14.3 Å². The minimum Gasteiger partial charge on any atom is -0.448 e. The Balaban J connectivity index is 1.12. The van der Waals surface area contributed by atoms with E-state index in [9.17, 15) is 4.79 Å². The maximum Gasteiger partial charge on any atom is 0.410 e. The standard InChI is InChI=1S/C28H24N4O3/c33-28(35-17-26-24-7-3-1-5-22(24)23-6-2-4-8-25(23)26)32-20-11-18(12-21(32)16-34-15-20)19-13-29-27-9-10-30-31(27)14-19/h1-11,13-14,20-21,26H,12,15-17H2. The molecule has 2 aromatic heterocycles. The summed E-state index contributed by atoms with van der Waals surface area (Å²) in [5, 5.41) is 4.30. The summed E-state index contributed by atoms with van der Waals surface area (Å²) in [5.74, 6) is 0.0465. The predicted molar refractivity (Wildman–Crippen MR) is 131 cm³/mol. The Bertz CT molecular complexity index is 1430. The number of hydrogen-bond acceptors (Lipinski definition) is 5. The molecule has 2 aromatic carbocycles. The Morgan fingerprint density at radius 3 is 2.57 bits per heavy atom.